The number of oxime groups is 1. The molecular weight excluding hydrogens is 354 g/mol. The van der Waals surface area contributed by atoms with Crippen LogP contribution in [0.5, 0.6) is 5.75 Å². The van der Waals surface area contributed by atoms with Gasteiger partial charge in [0.05, 0.1) is 12.3 Å². The van der Waals surface area contributed by atoms with Crippen LogP contribution in [0.15, 0.2) is 23.4 Å². The maximum Gasteiger partial charge on any atom is 0.279 e. The van der Waals surface area contributed by atoms with Crippen molar-refractivity contribution in [2.45, 2.75) is 39.0 Å². The van der Waals surface area contributed by atoms with Gasteiger partial charge in [0, 0.05) is 25.2 Å². The average Bonchev–Trinajstić information content (AvgIpc) is 3.18. The Morgan fingerprint density at radius 1 is 1.23 bits per heavy atom. The maximum atomic E-state index is 11.6. The van der Waals surface area contributed by atoms with E-state index >= 15 is 0 Å². The number of ether oxygens (including phenoxy) is 1. The van der Waals surface area contributed by atoms with Crippen LogP contribution in [0.1, 0.15) is 43.7 Å². The summed E-state index contributed by atoms with van der Waals surface area (Å²) in [5, 5.41) is 4.18. The van der Waals surface area contributed by atoms with E-state index in [-0.39, 0.29) is 0 Å². The molecule has 3 rings (SSSR count). The molecule has 1 aliphatic carbocycles. The SMILES string of the molecule is CCON=C1CCc2cc(OCCCCCN3CCNS3(=O)=O)ccc21. The Balaban J connectivity index is 1.38. The molecule has 0 amide bonds. The lowest BCUT2D eigenvalue weighted by Gasteiger charge is -2.13. The van der Waals surface area contributed by atoms with E-state index in [0.717, 1.165) is 49.1 Å². The van der Waals surface area contributed by atoms with Gasteiger partial charge < -0.3 is 9.57 Å². The number of unbranched alkanes of at least 4 members (excludes halogenated alkanes) is 2. The first-order valence-electron chi connectivity index (χ1n) is 9.30. The molecule has 144 valence electrons. The largest absolute Gasteiger partial charge is 0.494 e. The number of hydrogen-bond acceptors (Lipinski definition) is 5. The molecule has 1 fully saturated rings. The zero-order chi connectivity index (χ0) is 18.4. The van der Waals surface area contributed by atoms with Crippen molar-refractivity contribution in [3.8, 4) is 5.75 Å². The predicted molar refractivity (Wildman–Crippen MR) is 101 cm³/mol. The van der Waals surface area contributed by atoms with E-state index in [0.29, 0.717) is 32.8 Å². The van der Waals surface area contributed by atoms with Gasteiger partial charge in [0.15, 0.2) is 0 Å². The molecule has 0 saturated carbocycles. The molecule has 0 unspecified atom stereocenters. The number of rotatable bonds is 9. The molecule has 26 heavy (non-hydrogen) atoms. The Bertz CT molecular complexity index is 749. The molecule has 7 nitrogen and oxygen atoms in total. The number of aryl methyl sites for hydroxylation is 1. The summed E-state index contributed by atoms with van der Waals surface area (Å²) >= 11 is 0. The molecule has 1 aliphatic heterocycles. The second kappa shape index (κ2) is 8.83. The number of hydrogen-bond donors (Lipinski definition) is 1. The average molecular weight is 381 g/mol. The summed E-state index contributed by atoms with van der Waals surface area (Å²) in [5.41, 5.74) is 3.43. The molecule has 0 aromatic heterocycles. The molecule has 1 aromatic carbocycles. The van der Waals surface area contributed by atoms with E-state index < -0.39 is 10.2 Å². The standard InChI is InChI=1S/C18H27N3O4S/c1-2-25-20-18-9-6-15-14-16(7-8-17(15)18)24-13-5-3-4-11-21-12-10-19-26(21,22)23/h7-8,14,19H,2-6,9-13H2,1H3. The van der Waals surface area contributed by atoms with Gasteiger partial charge in [-0.25, -0.2) is 4.72 Å². The highest BCUT2D eigenvalue weighted by atomic mass is 32.2. The topological polar surface area (TPSA) is 80.2 Å². The lowest BCUT2D eigenvalue weighted by Crippen LogP contribution is -2.30. The van der Waals surface area contributed by atoms with Gasteiger partial charge in [-0.3, -0.25) is 0 Å². The highest BCUT2D eigenvalue weighted by Crippen LogP contribution is 2.27. The fraction of sp³-hybridized carbons (Fsp3) is 0.611. The summed E-state index contributed by atoms with van der Waals surface area (Å²) in [4.78, 5) is 5.17. The van der Waals surface area contributed by atoms with E-state index in [1.807, 2.05) is 13.0 Å². The van der Waals surface area contributed by atoms with Crippen LogP contribution in [0.4, 0.5) is 0 Å². The second-order valence-electron chi connectivity index (χ2n) is 6.48. The van der Waals surface area contributed by atoms with Gasteiger partial charge in [-0.05, 0) is 62.8 Å². The van der Waals surface area contributed by atoms with E-state index in [9.17, 15) is 8.42 Å². The molecule has 2 aliphatic rings. The van der Waals surface area contributed by atoms with Crippen LogP contribution in [-0.4, -0.2) is 51.3 Å². The minimum atomic E-state index is -3.21. The van der Waals surface area contributed by atoms with Gasteiger partial charge in [0.1, 0.15) is 12.4 Å². The first-order chi connectivity index (χ1) is 12.6. The fourth-order valence-corrected chi connectivity index (χ4v) is 4.51. The van der Waals surface area contributed by atoms with Gasteiger partial charge >= 0.3 is 0 Å². The summed E-state index contributed by atoms with van der Waals surface area (Å²) < 4.78 is 33.1. The Hall–Kier alpha value is -1.64. The van der Waals surface area contributed by atoms with Gasteiger partial charge in [-0.15, -0.1) is 0 Å². The molecule has 0 spiro atoms. The second-order valence-corrected chi connectivity index (χ2v) is 8.24. The van der Waals surface area contributed by atoms with Crippen molar-refractivity contribution in [2.75, 3.05) is 32.8 Å². The normalized spacial score (nSPS) is 20.4. The molecule has 1 aromatic rings. The van der Waals surface area contributed by atoms with Crippen LogP contribution in [0.2, 0.25) is 0 Å². The van der Waals surface area contributed by atoms with Crippen molar-refractivity contribution < 1.29 is 18.0 Å². The third-order valence-electron chi connectivity index (χ3n) is 4.63. The predicted octanol–water partition coefficient (Wildman–Crippen LogP) is 2.07. The minimum Gasteiger partial charge on any atom is -0.494 e. The zero-order valence-electron chi connectivity index (χ0n) is 15.2. The third kappa shape index (κ3) is 4.75. The molecule has 8 heteroatoms. The molecule has 0 bridgehead atoms. The zero-order valence-corrected chi connectivity index (χ0v) is 16.1. The molecule has 1 N–H and O–H groups in total. The van der Waals surface area contributed by atoms with E-state index in [1.165, 1.54) is 9.87 Å². The monoisotopic (exact) mass is 381 g/mol. The van der Waals surface area contributed by atoms with Crippen molar-refractivity contribution in [2.24, 2.45) is 5.16 Å². The Morgan fingerprint density at radius 2 is 2.12 bits per heavy atom. The number of fused-ring (bicyclic) bond motifs is 1. The van der Waals surface area contributed by atoms with E-state index in [4.69, 9.17) is 9.57 Å². The van der Waals surface area contributed by atoms with E-state index in [2.05, 4.69) is 22.0 Å². The summed E-state index contributed by atoms with van der Waals surface area (Å²) in [6.07, 6.45) is 4.59. The van der Waals surface area contributed by atoms with Crippen molar-refractivity contribution in [3.05, 3.63) is 29.3 Å². The Labute approximate surface area is 155 Å². The highest BCUT2D eigenvalue weighted by Gasteiger charge is 2.26. The Kier molecular flexibility index (Phi) is 6.50. The van der Waals surface area contributed by atoms with Crippen molar-refractivity contribution >= 4 is 15.9 Å². The van der Waals surface area contributed by atoms with E-state index in [1.54, 1.807) is 0 Å². The van der Waals surface area contributed by atoms with Crippen LogP contribution in [0.3, 0.4) is 0 Å². The molecule has 1 saturated heterocycles. The summed E-state index contributed by atoms with van der Waals surface area (Å²) in [7, 11) is -3.21. The van der Waals surface area contributed by atoms with Crippen molar-refractivity contribution in [3.63, 3.8) is 0 Å². The molecule has 1 heterocycles. The first kappa shape index (κ1) is 19.1. The summed E-state index contributed by atoms with van der Waals surface area (Å²) in [5.74, 6) is 0.882. The van der Waals surface area contributed by atoms with Gasteiger partial charge in [0.2, 0.25) is 0 Å². The van der Waals surface area contributed by atoms with Crippen molar-refractivity contribution in [1.29, 1.82) is 0 Å². The Morgan fingerprint density at radius 3 is 2.88 bits per heavy atom. The number of nitrogens with one attached hydrogen (secondary N) is 1. The van der Waals surface area contributed by atoms with Crippen LogP contribution < -0.4 is 9.46 Å². The summed E-state index contributed by atoms with van der Waals surface area (Å²) in [6.45, 7) is 4.82. The van der Waals surface area contributed by atoms with Crippen LogP contribution in [-0.2, 0) is 21.5 Å². The number of benzene rings is 1. The molecule has 0 atom stereocenters. The molecular formula is C18H27N3O4S. The highest BCUT2D eigenvalue weighted by molar-refractivity contribution is 7.87. The van der Waals surface area contributed by atoms with Crippen molar-refractivity contribution in [1.82, 2.24) is 9.03 Å². The lowest BCUT2D eigenvalue weighted by atomic mass is 10.1. The first-order valence-corrected chi connectivity index (χ1v) is 10.7. The van der Waals surface area contributed by atoms with Gasteiger partial charge in [0.25, 0.3) is 10.2 Å². The number of nitrogens with zero attached hydrogens (tertiary/aromatic N) is 2. The maximum absolute atomic E-state index is 11.6. The quantitative estimate of drug-likeness (QED) is 0.525. The van der Waals surface area contributed by atoms with Crippen LogP contribution in [0.25, 0.3) is 0 Å². The summed E-state index contributed by atoms with van der Waals surface area (Å²) in [6, 6.07) is 6.13. The third-order valence-corrected chi connectivity index (χ3v) is 6.24. The van der Waals surface area contributed by atoms with Crippen LogP contribution in [0, 0.1) is 0 Å². The van der Waals surface area contributed by atoms with Gasteiger partial charge in [-0.1, -0.05) is 5.16 Å². The smallest absolute Gasteiger partial charge is 0.279 e. The fourth-order valence-electron chi connectivity index (χ4n) is 3.27. The molecule has 0 radical (unpaired) electrons. The van der Waals surface area contributed by atoms with Crippen LogP contribution >= 0.6 is 0 Å². The minimum absolute atomic E-state index is 0.515. The lowest BCUT2D eigenvalue weighted by molar-refractivity contribution is 0.158. The van der Waals surface area contributed by atoms with Gasteiger partial charge in [-0.2, -0.15) is 12.7 Å².